The fraction of sp³-hybridized carbons (Fsp3) is 0.440. The first-order valence-electron chi connectivity index (χ1n) is 11.2. The van der Waals surface area contributed by atoms with Crippen molar-refractivity contribution in [3.05, 3.63) is 72.0 Å². The number of nitrogens with zero attached hydrogens (tertiary/aromatic N) is 1. The molecule has 0 radical (unpaired) electrons. The van der Waals surface area contributed by atoms with Crippen molar-refractivity contribution in [2.75, 3.05) is 33.9 Å². The molecular weight excluding hydrogens is 438 g/mol. The van der Waals surface area contributed by atoms with Gasteiger partial charge in [-0.2, -0.15) is 0 Å². The number of benzene rings is 1. The second-order valence-electron chi connectivity index (χ2n) is 7.81. The molecule has 5 N–H and O–H groups in total. The van der Waals surface area contributed by atoms with Gasteiger partial charge in [-0.25, -0.2) is 0 Å². The summed E-state index contributed by atoms with van der Waals surface area (Å²) >= 11 is 0.732. The van der Waals surface area contributed by atoms with Crippen molar-refractivity contribution in [2.45, 2.75) is 43.0 Å². The maximum absolute atomic E-state index is 9.88. The van der Waals surface area contributed by atoms with Gasteiger partial charge in [0, 0.05) is 60.8 Å². The van der Waals surface area contributed by atoms with E-state index in [-0.39, 0.29) is 5.76 Å². The summed E-state index contributed by atoms with van der Waals surface area (Å²) < 4.78 is 18.7. The molecule has 1 aromatic rings. The number of hydrogen-bond acceptors (Lipinski definition) is 8. The van der Waals surface area contributed by atoms with E-state index in [1.54, 1.807) is 44.7 Å². The number of piperidine rings is 1. The molecule has 1 aromatic carbocycles. The summed E-state index contributed by atoms with van der Waals surface area (Å²) in [5.74, 6) is 1.75. The van der Waals surface area contributed by atoms with Crippen molar-refractivity contribution in [3.8, 4) is 5.75 Å². The maximum Gasteiger partial charge on any atom is 0.154 e. The third-order valence-electron chi connectivity index (χ3n) is 5.58. The molecule has 0 saturated carbocycles. The van der Waals surface area contributed by atoms with Crippen LogP contribution in [0, 0.1) is 0 Å². The third kappa shape index (κ3) is 9.86. The van der Waals surface area contributed by atoms with Gasteiger partial charge in [0.15, 0.2) is 5.76 Å². The zero-order chi connectivity index (χ0) is 23.9. The average molecular weight is 476 g/mol. The minimum atomic E-state index is 0.261. The van der Waals surface area contributed by atoms with E-state index >= 15 is 0 Å². The number of hydrogen-bond donors (Lipinski definition) is 4. The van der Waals surface area contributed by atoms with Gasteiger partial charge in [0.05, 0.1) is 14.2 Å². The fourth-order valence-corrected chi connectivity index (χ4v) is 3.97. The summed E-state index contributed by atoms with van der Waals surface area (Å²) in [6, 6.07) is 7.70. The van der Waals surface area contributed by atoms with E-state index in [4.69, 9.17) is 19.8 Å². The first kappa shape index (κ1) is 26.7. The number of allylic oxidation sites excluding steroid dienone is 5. The lowest BCUT2D eigenvalue weighted by atomic mass is 10.0. The molecule has 182 valence electrons. The van der Waals surface area contributed by atoms with Crippen molar-refractivity contribution in [2.24, 2.45) is 5.73 Å². The number of methoxy groups -OCH3 is 2. The lowest BCUT2D eigenvalue weighted by Gasteiger charge is -2.33. The lowest BCUT2D eigenvalue weighted by Crippen LogP contribution is -2.42. The SMILES string of the molecule is COC1=C(O)C=C(NC2CCN(CC/C=C\C=C/N)CC2)CC1.COc1ccc(SO)cc1. The number of nitrogens with one attached hydrogen (secondary N) is 1. The average Bonchev–Trinajstić information content (AvgIpc) is 2.85. The van der Waals surface area contributed by atoms with Crippen LogP contribution in [-0.4, -0.2) is 54.5 Å². The largest absolute Gasteiger partial charge is 0.504 e. The molecular formula is C25H37N3O4S. The molecule has 8 heteroatoms. The Labute approximate surface area is 201 Å². The minimum Gasteiger partial charge on any atom is -0.504 e. The molecule has 1 fully saturated rings. The molecule has 0 spiro atoms. The molecule has 0 unspecified atom stereocenters. The van der Waals surface area contributed by atoms with Crippen LogP contribution >= 0.6 is 12.0 Å². The van der Waals surface area contributed by atoms with Crippen LogP contribution in [0.5, 0.6) is 5.75 Å². The molecule has 3 rings (SSSR count). The van der Waals surface area contributed by atoms with E-state index in [0.29, 0.717) is 11.8 Å². The predicted molar refractivity (Wildman–Crippen MR) is 135 cm³/mol. The highest BCUT2D eigenvalue weighted by atomic mass is 32.2. The van der Waals surface area contributed by atoms with Crippen molar-refractivity contribution in [3.63, 3.8) is 0 Å². The predicted octanol–water partition coefficient (Wildman–Crippen LogP) is 4.81. The van der Waals surface area contributed by atoms with Crippen molar-refractivity contribution in [1.82, 2.24) is 10.2 Å². The van der Waals surface area contributed by atoms with Crippen LogP contribution in [0.4, 0.5) is 0 Å². The van der Waals surface area contributed by atoms with Crippen molar-refractivity contribution in [1.29, 1.82) is 0 Å². The summed E-state index contributed by atoms with van der Waals surface area (Å²) in [6.45, 7) is 3.35. The van der Waals surface area contributed by atoms with Crippen LogP contribution < -0.4 is 15.8 Å². The van der Waals surface area contributed by atoms with Gasteiger partial charge in [-0.15, -0.1) is 0 Å². The van der Waals surface area contributed by atoms with Crippen LogP contribution in [0.1, 0.15) is 32.1 Å². The molecule has 33 heavy (non-hydrogen) atoms. The minimum absolute atomic E-state index is 0.261. The molecule has 0 bridgehead atoms. The van der Waals surface area contributed by atoms with E-state index in [1.165, 1.54) is 0 Å². The fourth-order valence-electron chi connectivity index (χ4n) is 3.71. The number of ether oxygens (including phenoxy) is 2. The number of rotatable bonds is 9. The molecule has 1 aliphatic carbocycles. The Morgan fingerprint density at radius 3 is 2.42 bits per heavy atom. The Morgan fingerprint density at radius 1 is 1.12 bits per heavy atom. The molecule has 2 aliphatic rings. The van der Waals surface area contributed by atoms with Gasteiger partial charge >= 0.3 is 0 Å². The zero-order valence-corrected chi connectivity index (χ0v) is 20.4. The molecule has 7 nitrogen and oxygen atoms in total. The quantitative estimate of drug-likeness (QED) is 0.298. The van der Waals surface area contributed by atoms with E-state index < -0.39 is 0 Å². The highest BCUT2D eigenvalue weighted by Gasteiger charge is 2.21. The molecule has 1 saturated heterocycles. The van der Waals surface area contributed by atoms with Gasteiger partial charge in [0.2, 0.25) is 0 Å². The summed E-state index contributed by atoms with van der Waals surface area (Å²) in [5.41, 5.74) is 6.41. The van der Waals surface area contributed by atoms with Gasteiger partial charge in [-0.05, 0) is 62.2 Å². The first-order chi connectivity index (χ1) is 16.1. The molecule has 1 aliphatic heterocycles. The summed E-state index contributed by atoms with van der Waals surface area (Å²) in [4.78, 5) is 3.32. The highest BCUT2D eigenvalue weighted by molar-refractivity contribution is 7.93. The van der Waals surface area contributed by atoms with Gasteiger partial charge in [0.25, 0.3) is 0 Å². The number of aliphatic hydroxyl groups excluding tert-OH is 1. The number of likely N-dealkylation sites (tertiary alicyclic amines) is 1. The lowest BCUT2D eigenvalue weighted by molar-refractivity contribution is 0.203. The summed E-state index contributed by atoms with van der Waals surface area (Å²) in [6.07, 6.45) is 14.4. The Hall–Kier alpha value is -2.55. The second kappa shape index (κ2) is 15.3. The summed E-state index contributed by atoms with van der Waals surface area (Å²) in [5, 5.41) is 13.5. The Balaban J connectivity index is 0.000000321. The van der Waals surface area contributed by atoms with E-state index in [9.17, 15) is 5.11 Å². The monoisotopic (exact) mass is 475 g/mol. The molecule has 0 atom stereocenters. The van der Waals surface area contributed by atoms with Crippen LogP contribution in [0.2, 0.25) is 0 Å². The van der Waals surface area contributed by atoms with E-state index in [0.717, 1.165) is 80.1 Å². The molecule has 0 aromatic heterocycles. The van der Waals surface area contributed by atoms with E-state index in [2.05, 4.69) is 16.3 Å². The summed E-state index contributed by atoms with van der Waals surface area (Å²) in [7, 11) is 3.22. The second-order valence-corrected chi connectivity index (χ2v) is 8.46. The molecule has 1 heterocycles. The Morgan fingerprint density at radius 2 is 1.85 bits per heavy atom. The van der Waals surface area contributed by atoms with Crippen molar-refractivity contribution < 1.29 is 19.1 Å². The van der Waals surface area contributed by atoms with Crippen LogP contribution in [0.25, 0.3) is 0 Å². The normalized spacial score (nSPS) is 17.6. The Bertz CT molecular complexity index is 790. The van der Waals surface area contributed by atoms with E-state index in [1.807, 2.05) is 18.2 Å². The van der Waals surface area contributed by atoms with Crippen LogP contribution in [-0.2, 0) is 4.74 Å². The number of aliphatic hydroxyl groups is 1. The Kier molecular flexibility index (Phi) is 12.4. The number of nitrogens with two attached hydrogens (primary N) is 1. The zero-order valence-electron chi connectivity index (χ0n) is 19.6. The third-order valence-corrected chi connectivity index (χ3v) is 6.06. The molecule has 0 amide bonds. The topological polar surface area (TPSA) is 100 Å². The highest BCUT2D eigenvalue weighted by Crippen LogP contribution is 2.23. The van der Waals surface area contributed by atoms with Crippen LogP contribution in [0.15, 0.2) is 76.9 Å². The van der Waals surface area contributed by atoms with Gasteiger partial charge in [-0.3, -0.25) is 0 Å². The maximum atomic E-state index is 9.88. The smallest absolute Gasteiger partial charge is 0.154 e. The van der Waals surface area contributed by atoms with Crippen molar-refractivity contribution >= 4 is 12.0 Å². The van der Waals surface area contributed by atoms with Gasteiger partial charge in [0.1, 0.15) is 11.5 Å². The van der Waals surface area contributed by atoms with Gasteiger partial charge in [-0.1, -0.05) is 12.2 Å². The van der Waals surface area contributed by atoms with Gasteiger partial charge < -0.3 is 35.1 Å². The van der Waals surface area contributed by atoms with Crippen LogP contribution in [0.3, 0.4) is 0 Å². The first-order valence-corrected chi connectivity index (χ1v) is 12.0. The standard InChI is InChI=1S/C18H29N3O2.C7H8O2S/c1-23-18-7-6-16(14-17(18)22)20-15-8-12-21(13-9-15)11-5-3-2-4-10-19;1-9-6-2-4-7(10-8)5-3-6/h2-4,10,14-15,20,22H,5-9,11-13,19H2,1H3;2-5,8H,1H3/b3-2-,10-4-;.